The molecule has 0 aliphatic carbocycles. The van der Waals surface area contributed by atoms with Crippen LogP contribution in [0.4, 0.5) is 10.5 Å². The molecule has 1 saturated heterocycles. The zero-order valence-corrected chi connectivity index (χ0v) is 14.4. The summed E-state index contributed by atoms with van der Waals surface area (Å²) in [6, 6.07) is 11.5. The van der Waals surface area contributed by atoms with Crippen molar-refractivity contribution in [2.45, 2.75) is 6.04 Å². The van der Waals surface area contributed by atoms with E-state index in [1.165, 1.54) is 17.0 Å². The van der Waals surface area contributed by atoms with E-state index >= 15 is 0 Å². The SMILES string of the molecule is O=C(N[C@@H](C(=O)O)c1ccccc1)c1cc(N2CCNC2=O)ccc1Cl. The molecule has 26 heavy (non-hydrogen) atoms. The zero-order chi connectivity index (χ0) is 18.7. The molecule has 3 rings (SSSR count). The Labute approximate surface area is 154 Å². The van der Waals surface area contributed by atoms with Gasteiger partial charge in [-0.2, -0.15) is 0 Å². The molecule has 8 heteroatoms. The van der Waals surface area contributed by atoms with Crippen LogP contribution in [0.3, 0.4) is 0 Å². The van der Waals surface area contributed by atoms with E-state index in [0.29, 0.717) is 24.3 Å². The van der Waals surface area contributed by atoms with Crippen LogP contribution < -0.4 is 15.5 Å². The van der Waals surface area contributed by atoms with E-state index in [0.717, 1.165) is 0 Å². The lowest BCUT2D eigenvalue weighted by atomic mass is 10.1. The molecule has 0 bridgehead atoms. The summed E-state index contributed by atoms with van der Waals surface area (Å²) in [5.41, 5.74) is 1.06. The molecule has 2 aromatic carbocycles. The standard InChI is InChI=1S/C18H16ClN3O4/c19-14-7-6-12(22-9-8-20-18(22)26)10-13(14)16(23)21-15(17(24)25)11-4-2-1-3-5-11/h1-7,10,15H,8-9H2,(H,20,26)(H,21,23)(H,24,25)/t15-/m1/s1. The van der Waals surface area contributed by atoms with Gasteiger partial charge in [0.2, 0.25) is 0 Å². The third-order valence-corrected chi connectivity index (χ3v) is 4.35. The number of nitrogens with one attached hydrogen (secondary N) is 2. The first kappa shape index (κ1) is 17.8. The number of aliphatic carboxylic acids is 1. The van der Waals surface area contributed by atoms with Gasteiger partial charge in [0.25, 0.3) is 5.91 Å². The Morgan fingerprint density at radius 1 is 1.19 bits per heavy atom. The van der Waals surface area contributed by atoms with Crippen molar-refractivity contribution in [3.05, 3.63) is 64.7 Å². The maximum Gasteiger partial charge on any atom is 0.330 e. The molecule has 1 fully saturated rings. The van der Waals surface area contributed by atoms with Gasteiger partial charge in [-0.1, -0.05) is 41.9 Å². The molecule has 2 aromatic rings. The Morgan fingerprint density at radius 2 is 1.92 bits per heavy atom. The largest absolute Gasteiger partial charge is 0.479 e. The summed E-state index contributed by atoms with van der Waals surface area (Å²) in [7, 11) is 0. The molecule has 0 unspecified atom stereocenters. The van der Waals surface area contributed by atoms with Crippen LogP contribution in [-0.2, 0) is 4.79 Å². The Hall–Kier alpha value is -3.06. The van der Waals surface area contributed by atoms with Gasteiger partial charge in [0, 0.05) is 18.8 Å². The van der Waals surface area contributed by atoms with Gasteiger partial charge < -0.3 is 15.7 Å². The highest BCUT2D eigenvalue weighted by molar-refractivity contribution is 6.34. The molecular formula is C18H16ClN3O4. The van der Waals surface area contributed by atoms with Gasteiger partial charge in [0.05, 0.1) is 10.6 Å². The van der Waals surface area contributed by atoms with Crippen LogP contribution in [0.1, 0.15) is 22.0 Å². The van der Waals surface area contributed by atoms with Crippen molar-refractivity contribution in [3.8, 4) is 0 Å². The summed E-state index contributed by atoms with van der Waals surface area (Å²) >= 11 is 6.12. The quantitative estimate of drug-likeness (QED) is 0.749. The number of hydrogen-bond donors (Lipinski definition) is 3. The van der Waals surface area contributed by atoms with Crippen LogP contribution in [0.5, 0.6) is 0 Å². The highest BCUT2D eigenvalue weighted by atomic mass is 35.5. The lowest BCUT2D eigenvalue weighted by Crippen LogP contribution is -2.34. The number of benzene rings is 2. The molecule has 0 aromatic heterocycles. The first-order valence-electron chi connectivity index (χ1n) is 7.91. The Balaban J connectivity index is 1.87. The van der Waals surface area contributed by atoms with Gasteiger partial charge in [-0.05, 0) is 23.8 Å². The molecule has 0 spiro atoms. The van der Waals surface area contributed by atoms with Crippen molar-refractivity contribution in [2.24, 2.45) is 0 Å². The molecule has 3 N–H and O–H groups in total. The van der Waals surface area contributed by atoms with Crippen LogP contribution in [0.15, 0.2) is 48.5 Å². The fourth-order valence-corrected chi connectivity index (χ4v) is 2.92. The molecule has 7 nitrogen and oxygen atoms in total. The molecular weight excluding hydrogens is 358 g/mol. The lowest BCUT2D eigenvalue weighted by molar-refractivity contribution is -0.139. The number of amides is 3. The number of carboxylic acids is 1. The summed E-state index contributed by atoms with van der Waals surface area (Å²) in [4.78, 5) is 37.5. The van der Waals surface area contributed by atoms with Gasteiger partial charge >= 0.3 is 12.0 Å². The van der Waals surface area contributed by atoms with E-state index in [1.54, 1.807) is 36.4 Å². The minimum atomic E-state index is -1.21. The summed E-state index contributed by atoms with van der Waals surface area (Å²) in [6.45, 7) is 0.987. The molecule has 134 valence electrons. The number of anilines is 1. The van der Waals surface area contributed by atoms with E-state index in [-0.39, 0.29) is 16.6 Å². The highest BCUT2D eigenvalue weighted by Gasteiger charge is 2.26. The van der Waals surface area contributed by atoms with Gasteiger partial charge in [-0.25, -0.2) is 9.59 Å². The summed E-state index contributed by atoms with van der Waals surface area (Å²) in [5.74, 6) is -1.82. The normalized spacial score (nSPS) is 14.7. The van der Waals surface area contributed by atoms with Crippen molar-refractivity contribution in [3.63, 3.8) is 0 Å². The van der Waals surface area contributed by atoms with Crippen LogP contribution in [0, 0.1) is 0 Å². The van der Waals surface area contributed by atoms with E-state index in [2.05, 4.69) is 10.6 Å². The second-order valence-electron chi connectivity index (χ2n) is 5.70. The van der Waals surface area contributed by atoms with E-state index in [9.17, 15) is 19.5 Å². The number of nitrogens with zero attached hydrogens (tertiary/aromatic N) is 1. The molecule has 1 aliphatic rings. The minimum absolute atomic E-state index is 0.103. The third-order valence-electron chi connectivity index (χ3n) is 4.02. The first-order valence-corrected chi connectivity index (χ1v) is 8.28. The van der Waals surface area contributed by atoms with Gasteiger partial charge in [-0.15, -0.1) is 0 Å². The van der Waals surface area contributed by atoms with Crippen molar-refractivity contribution in [2.75, 3.05) is 18.0 Å². The zero-order valence-electron chi connectivity index (χ0n) is 13.6. The predicted octanol–water partition coefficient (Wildman–Crippen LogP) is 2.43. The average molecular weight is 374 g/mol. The maximum absolute atomic E-state index is 12.6. The third kappa shape index (κ3) is 3.62. The second-order valence-corrected chi connectivity index (χ2v) is 6.11. The smallest absolute Gasteiger partial charge is 0.330 e. The predicted molar refractivity (Wildman–Crippen MR) is 96.5 cm³/mol. The Bertz CT molecular complexity index is 857. The van der Waals surface area contributed by atoms with Gasteiger partial charge in [-0.3, -0.25) is 9.69 Å². The van der Waals surface area contributed by atoms with Crippen molar-refractivity contribution in [1.82, 2.24) is 10.6 Å². The van der Waals surface area contributed by atoms with E-state index in [1.807, 2.05) is 0 Å². The molecule has 1 heterocycles. The van der Waals surface area contributed by atoms with Crippen molar-refractivity contribution < 1.29 is 19.5 Å². The number of carbonyl (C=O) groups excluding carboxylic acids is 2. The van der Waals surface area contributed by atoms with Crippen LogP contribution in [0.25, 0.3) is 0 Å². The van der Waals surface area contributed by atoms with Gasteiger partial charge in [0.15, 0.2) is 6.04 Å². The molecule has 0 saturated carbocycles. The Kier molecular flexibility index (Phi) is 5.09. The first-order chi connectivity index (χ1) is 12.5. The number of carbonyl (C=O) groups is 3. The van der Waals surface area contributed by atoms with Crippen LogP contribution in [-0.4, -0.2) is 36.1 Å². The number of urea groups is 1. The fraction of sp³-hybridized carbons (Fsp3) is 0.167. The average Bonchev–Trinajstić information content (AvgIpc) is 3.06. The molecule has 1 aliphatic heterocycles. The topological polar surface area (TPSA) is 98.7 Å². The number of carboxylic acid groups (broad SMARTS) is 1. The number of halogens is 1. The van der Waals surface area contributed by atoms with Crippen LogP contribution >= 0.6 is 11.6 Å². The molecule has 0 radical (unpaired) electrons. The summed E-state index contributed by atoms with van der Waals surface area (Å²) in [5, 5.41) is 14.8. The Morgan fingerprint density at radius 3 is 2.54 bits per heavy atom. The van der Waals surface area contributed by atoms with E-state index in [4.69, 9.17) is 11.6 Å². The van der Waals surface area contributed by atoms with Crippen molar-refractivity contribution in [1.29, 1.82) is 0 Å². The maximum atomic E-state index is 12.6. The lowest BCUT2D eigenvalue weighted by Gasteiger charge is -2.18. The second kappa shape index (κ2) is 7.45. The summed E-state index contributed by atoms with van der Waals surface area (Å²) in [6.07, 6.45) is 0. The number of rotatable bonds is 5. The fourth-order valence-electron chi connectivity index (χ4n) is 2.72. The van der Waals surface area contributed by atoms with Crippen LogP contribution in [0.2, 0.25) is 5.02 Å². The van der Waals surface area contributed by atoms with Gasteiger partial charge in [0.1, 0.15) is 0 Å². The molecule has 1 atom stereocenters. The summed E-state index contributed by atoms with van der Waals surface area (Å²) < 4.78 is 0. The monoisotopic (exact) mass is 373 g/mol. The van der Waals surface area contributed by atoms with E-state index < -0.39 is 17.9 Å². The van der Waals surface area contributed by atoms with Crippen molar-refractivity contribution >= 4 is 35.2 Å². The highest BCUT2D eigenvalue weighted by Crippen LogP contribution is 2.25. The minimum Gasteiger partial charge on any atom is -0.479 e. The number of hydrogen-bond acceptors (Lipinski definition) is 3. The molecule has 3 amide bonds.